The molecular formula is C18H20N4OS. The van der Waals surface area contributed by atoms with Gasteiger partial charge in [-0.2, -0.15) is 0 Å². The highest BCUT2D eigenvalue weighted by molar-refractivity contribution is 8.00. The van der Waals surface area contributed by atoms with E-state index in [1.54, 1.807) is 11.8 Å². The van der Waals surface area contributed by atoms with Gasteiger partial charge in [0.15, 0.2) is 5.65 Å². The predicted molar refractivity (Wildman–Crippen MR) is 96.3 cm³/mol. The number of benzene rings is 1. The van der Waals surface area contributed by atoms with Gasteiger partial charge in [-0.05, 0) is 37.6 Å². The van der Waals surface area contributed by atoms with Crippen molar-refractivity contribution < 1.29 is 4.79 Å². The van der Waals surface area contributed by atoms with Crippen LogP contribution in [0.4, 0.5) is 0 Å². The Morgan fingerprint density at radius 2 is 2.08 bits per heavy atom. The largest absolute Gasteiger partial charge is 0.355 e. The molecule has 0 unspecified atom stereocenters. The molecule has 1 N–H and O–H groups in total. The van der Waals surface area contributed by atoms with E-state index in [0.717, 1.165) is 16.4 Å². The van der Waals surface area contributed by atoms with Crippen molar-refractivity contribution >= 4 is 23.3 Å². The first-order chi connectivity index (χ1) is 11.6. The van der Waals surface area contributed by atoms with Gasteiger partial charge in [-0.3, -0.25) is 9.20 Å². The van der Waals surface area contributed by atoms with Crippen LogP contribution in [0.25, 0.3) is 5.65 Å². The molecule has 2 heterocycles. The van der Waals surface area contributed by atoms with Gasteiger partial charge in [-0.1, -0.05) is 23.8 Å². The number of rotatable bonds is 6. The number of carbonyl (C=O) groups is 1. The first-order valence-corrected chi connectivity index (χ1v) is 8.87. The number of hydrogen-bond acceptors (Lipinski definition) is 4. The van der Waals surface area contributed by atoms with Crippen molar-refractivity contribution in [2.45, 2.75) is 25.2 Å². The second-order valence-electron chi connectivity index (χ2n) is 5.70. The Morgan fingerprint density at radius 3 is 2.96 bits per heavy atom. The summed E-state index contributed by atoms with van der Waals surface area (Å²) in [6, 6.07) is 12.1. The van der Waals surface area contributed by atoms with E-state index < -0.39 is 0 Å². The van der Waals surface area contributed by atoms with Crippen molar-refractivity contribution in [3.05, 3.63) is 59.5 Å². The number of nitrogens with zero attached hydrogens (tertiary/aromatic N) is 3. The van der Waals surface area contributed by atoms with Crippen molar-refractivity contribution in [2.75, 3.05) is 12.3 Å². The number of hydrogen-bond donors (Lipinski definition) is 1. The lowest BCUT2D eigenvalue weighted by Crippen LogP contribution is -2.27. The highest BCUT2D eigenvalue weighted by Crippen LogP contribution is 2.23. The van der Waals surface area contributed by atoms with Crippen LogP contribution >= 0.6 is 11.8 Å². The molecule has 5 nitrogen and oxygen atoms in total. The number of carbonyl (C=O) groups excluding carboxylic acids is 1. The minimum Gasteiger partial charge on any atom is -0.355 e. The van der Waals surface area contributed by atoms with E-state index in [9.17, 15) is 4.79 Å². The summed E-state index contributed by atoms with van der Waals surface area (Å²) in [7, 11) is 0. The SMILES string of the molecule is Cc1ccc(C)c(SCC(=O)NCCc2nnc3ccccn23)c1. The molecule has 6 heteroatoms. The van der Waals surface area contributed by atoms with Crippen LogP contribution in [-0.4, -0.2) is 32.8 Å². The molecule has 0 saturated heterocycles. The van der Waals surface area contributed by atoms with Crippen LogP contribution in [-0.2, 0) is 11.2 Å². The fraction of sp³-hybridized carbons (Fsp3) is 0.278. The summed E-state index contributed by atoms with van der Waals surface area (Å²) in [5.41, 5.74) is 3.24. The summed E-state index contributed by atoms with van der Waals surface area (Å²) in [5.74, 6) is 1.31. The summed E-state index contributed by atoms with van der Waals surface area (Å²) >= 11 is 1.57. The van der Waals surface area contributed by atoms with Gasteiger partial charge in [0.2, 0.25) is 5.91 Å². The van der Waals surface area contributed by atoms with Crippen LogP contribution in [0.5, 0.6) is 0 Å². The van der Waals surface area contributed by atoms with E-state index in [1.165, 1.54) is 11.1 Å². The van der Waals surface area contributed by atoms with Crippen molar-refractivity contribution in [3.63, 3.8) is 0 Å². The van der Waals surface area contributed by atoms with Crippen molar-refractivity contribution in [1.82, 2.24) is 19.9 Å². The maximum atomic E-state index is 12.0. The molecule has 0 radical (unpaired) electrons. The Bertz CT molecular complexity index is 859. The van der Waals surface area contributed by atoms with Gasteiger partial charge < -0.3 is 5.32 Å². The summed E-state index contributed by atoms with van der Waals surface area (Å²) in [5, 5.41) is 11.2. The standard InChI is InChI=1S/C18H20N4OS/c1-13-6-7-14(2)15(11-13)24-12-18(23)19-9-8-17-21-20-16-5-3-4-10-22(16)17/h3-7,10-11H,8-9,12H2,1-2H3,(H,19,23). The van der Waals surface area contributed by atoms with Crippen molar-refractivity contribution in [1.29, 1.82) is 0 Å². The van der Waals surface area contributed by atoms with Gasteiger partial charge in [0.25, 0.3) is 0 Å². The molecule has 24 heavy (non-hydrogen) atoms. The van der Waals surface area contributed by atoms with Crippen LogP contribution < -0.4 is 5.32 Å². The first kappa shape index (κ1) is 16.5. The molecule has 1 amide bonds. The van der Waals surface area contributed by atoms with Gasteiger partial charge >= 0.3 is 0 Å². The average Bonchev–Trinajstić information content (AvgIpc) is 2.99. The molecular weight excluding hydrogens is 320 g/mol. The van der Waals surface area contributed by atoms with E-state index in [1.807, 2.05) is 28.8 Å². The van der Waals surface area contributed by atoms with E-state index in [4.69, 9.17) is 0 Å². The van der Waals surface area contributed by atoms with E-state index in [2.05, 4.69) is 47.6 Å². The normalized spacial score (nSPS) is 10.9. The van der Waals surface area contributed by atoms with Crippen LogP contribution in [0.1, 0.15) is 17.0 Å². The zero-order valence-electron chi connectivity index (χ0n) is 13.8. The van der Waals surface area contributed by atoms with E-state index >= 15 is 0 Å². The number of amides is 1. The molecule has 0 aliphatic heterocycles. The Morgan fingerprint density at radius 1 is 1.21 bits per heavy atom. The summed E-state index contributed by atoms with van der Waals surface area (Å²) < 4.78 is 1.94. The molecule has 0 spiro atoms. The molecule has 1 aromatic carbocycles. The zero-order chi connectivity index (χ0) is 16.9. The van der Waals surface area contributed by atoms with Gasteiger partial charge in [0.05, 0.1) is 5.75 Å². The number of thioether (sulfide) groups is 1. The minimum atomic E-state index is 0.0368. The smallest absolute Gasteiger partial charge is 0.230 e. The third-order valence-corrected chi connectivity index (χ3v) is 4.91. The topological polar surface area (TPSA) is 59.3 Å². The van der Waals surface area contributed by atoms with Crippen LogP contribution in [0.15, 0.2) is 47.5 Å². The highest BCUT2D eigenvalue weighted by Gasteiger charge is 2.07. The first-order valence-electron chi connectivity index (χ1n) is 7.89. The fourth-order valence-electron chi connectivity index (χ4n) is 2.43. The molecule has 0 bridgehead atoms. The van der Waals surface area contributed by atoms with Gasteiger partial charge in [-0.15, -0.1) is 22.0 Å². The molecule has 0 aliphatic carbocycles. The lowest BCUT2D eigenvalue weighted by atomic mass is 10.2. The fourth-order valence-corrected chi connectivity index (χ4v) is 3.39. The van der Waals surface area contributed by atoms with E-state index in [-0.39, 0.29) is 5.91 Å². The van der Waals surface area contributed by atoms with Gasteiger partial charge in [0.1, 0.15) is 5.82 Å². The third kappa shape index (κ3) is 3.94. The lowest BCUT2D eigenvalue weighted by molar-refractivity contribution is -0.118. The summed E-state index contributed by atoms with van der Waals surface area (Å²) in [4.78, 5) is 13.2. The van der Waals surface area contributed by atoms with Crippen LogP contribution in [0.2, 0.25) is 0 Å². The highest BCUT2D eigenvalue weighted by atomic mass is 32.2. The molecule has 0 saturated carbocycles. The number of aromatic nitrogens is 3. The predicted octanol–water partition coefficient (Wildman–Crippen LogP) is 2.80. The van der Waals surface area contributed by atoms with Gasteiger partial charge in [-0.25, -0.2) is 0 Å². The number of fused-ring (bicyclic) bond motifs is 1. The Hall–Kier alpha value is -2.34. The lowest BCUT2D eigenvalue weighted by Gasteiger charge is -2.07. The third-order valence-electron chi connectivity index (χ3n) is 3.76. The Balaban J connectivity index is 1.48. The molecule has 124 valence electrons. The number of aryl methyl sites for hydroxylation is 2. The number of nitrogens with one attached hydrogen (secondary N) is 1. The second kappa shape index (κ2) is 7.49. The summed E-state index contributed by atoms with van der Waals surface area (Å²) in [6.45, 7) is 4.68. The van der Waals surface area contributed by atoms with Crippen molar-refractivity contribution in [2.24, 2.45) is 0 Å². The zero-order valence-corrected chi connectivity index (χ0v) is 14.6. The quantitative estimate of drug-likeness (QED) is 0.701. The molecule has 0 fully saturated rings. The Kier molecular flexibility index (Phi) is 5.15. The van der Waals surface area contributed by atoms with Crippen molar-refractivity contribution in [3.8, 4) is 0 Å². The van der Waals surface area contributed by atoms with E-state index in [0.29, 0.717) is 18.7 Å². The number of pyridine rings is 1. The van der Waals surface area contributed by atoms with Crippen LogP contribution in [0.3, 0.4) is 0 Å². The maximum Gasteiger partial charge on any atom is 0.230 e. The molecule has 2 aromatic heterocycles. The minimum absolute atomic E-state index is 0.0368. The van der Waals surface area contributed by atoms with Gasteiger partial charge in [0, 0.05) is 24.1 Å². The molecule has 0 aliphatic rings. The molecule has 0 atom stereocenters. The molecule has 3 rings (SSSR count). The Labute approximate surface area is 145 Å². The molecule has 3 aromatic rings. The maximum absolute atomic E-state index is 12.0. The van der Waals surface area contributed by atoms with Crippen LogP contribution in [0, 0.1) is 13.8 Å². The second-order valence-corrected chi connectivity index (χ2v) is 6.72. The average molecular weight is 340 g/mol. The summed E-state index contributed by atoms with van der Waals surface area (Å²) in [6.07, 6.45) is 2.59. The monoisotopic (exact) mass is 340 g/mol.